The third kappa shape index (κ3) is 1.19. The first-order valence-corrected chi connectivity index (χ1v) is 2.98. The molecule has 1 nitrogen and oxygen atoms in total. The van der Waals surface area contributed by atoms with Crippen LogP contribution in [0.15, 0.2) is 16.8 Å². The van der Waals surface area contributed by atoms with Gasteiger partial charge in [-0.25, -0.2) is 0 Å². The van der Waals surface area contributed by atoms with E-state index in [1.54, 1.807) is 0 Å². The summed E-state index contributed by atoms with van der Waals surface area (Å²) in [6.07, 6.45) is 4.32. The van der Waals surface area contributed by atoms with Gasteiger partial charge in [-0.05, 0) is 26.7 Å². The van der Waals surface area contributed by atoms with E-state index in [4.69, 9.17) is 0 Å². The van der Waals surface area contributed by atoms with Crippen molar-refractivity contribution in [2.24, 2.45) is 4.99 Å². The van der Waals surface area contributed by atoms with Crippen LogP contribution in [-0.2, 0) is 0 Å². The fourth-order valence-electron chi connectivity index (χ4n) is 0.728. The number of aliphatic imine (C=N–C) groups is 1. The molecule has 0 saturated carbocycles. The van der Waals surface area contributed by atoms with E-state index in [1.165, 1.54) is 17.7 Å². The highest BCUT2D eigenvalue weighted by atomic mass is 14.7. The van der Waals surface area contributed by atoms with E-state index in [2.05, 4.69) is 18.8 Å². The zero-order valence-electron chi connectivity index (χ0n) is 5.44. The van der Waals surface area contributed by atoms with Crippen LogP contribution in [0.4, 0.5) is 0 Å². The van der Waals surface area contributed by atoms with Gasteiger partial charge in [-0.15, -0.1) is 0 Å². The Kier molecular flexibility index (Phi) is 1.47. The molecule has 0 spiro atoms. The fraction of sp³-hybridized carbons (Fsp3) is 0.571. The van der Waals surface area contributed by atoms with Gasteiger partial charge >= 0.3 is 0 Å². The van der Waals surface area contributed by atoms with Crippen molar-refractivity contribution < 1.29 is 0 Å². The Balaban J connectivity index is 2.65. The second-order valence-electron chi connectivity index (χ2n) is 2.34. The first-order chi connectivity index (χ1) is 3.79. The molecule has 0 amide bonds. The highest BCUT2D eigenvalue weighted by Crippen LogP contribution is 2.10. The SMILES string of the molecule is CC1=CN=C(C)CC1. The number of hydrogen-bond acceptors (Lipinski definition) is 1. The van der Waals surface area contributed by atoms with Crippen LogP contribution in [0.3, 0.4) is 0 Å². The van der Waals surface area contributed by atoms with E-state index >= 15 is 0 Å². The summed E-state index contributed by atoms with van der Waals surface area (Å²) in [6.45, 7) is 4.19. The molecule has 1 heterocycles. The second-order valence-corrected chi connectivity index (χ2v) is 2.34. The molecule has 1 aliphatic heterocycles. The summed E-state index contributed by atoms with van der Waals surface area (Å²) in [5, 5.41) is 0. The smallest absolute Gasteiger partial charge is 0.0256 e. The molecular weight excluding hydrogens is 98.1 g/mol. The van der Waals surface area contributed by atoms with E-state index in [9.17, 15) is 0 Å². The van der Waals surface area contributed by atoms with Crippen molar-refractivity contribution in [1.29, 1.82) is 0 Å². The molecule has 0 aromatic carbocycles. The summed E-state index contributed by atoms with van der Waals surface area (Å²) in [5.74, 6) is 0. The third-order valence-electron chi connectivity index (χ3n) is 1.39. The minimum absolute atomic E-state index is 1.16. The molecule has 0 aliphatic carbocycles. The molecule has 0 bridgehead atoms. The lowest BCUT2D eigenvalue weighted by Gasteiger charge is -2.04. The Hall–Kier alpha value is -0.590. The summed E-state index contributed by atoms with van der Waals surface area (Å²) < 4.78 is 0. The molecule has 0 N–H and O–H groups in total. The molecule has 1 rings (SSSR count). The topological polar surface area (TPSA) is 12.4 Å². The molecule has 0 unspecified atom stereocenters. The molecule has 0 aromatic rings. The zero-order valence-corrected chi connectivity index (χ0v) is 5.44. The Morgan fingerprint density at radius 3 is 2.50 bits per heavy atom. The van der Waals surface area contributed by atoms with Crippen LogP contribution in [0.1, 0.15) is 26.7 Å². The molecule has 0 aromatic heterocycles. The molecule has 1 aliphatic rings. The van der Waals surface area contributed by atoms with Gasteiger partial charge in [-0.2, -0.15) is 0 Å². The van der Waals surface area contributed by atoms with E-state index in [-0.39, 0.29) is 0 Å². The van der Waals surface area contributed by atoms with Crippen molar-refractivity contribution in [2.45, 2.75) is 26.7 Å². The predicted octanol–water partition coefficient (Wildman–Crippen LogP) is 2.14. The summed E-state index contributed by atoms with van der Waals surface area (Å²) in [4.78, 5) is 4.17. The average Bonchev–Trinajstić information content (AvgIpc) is 1.77. The Labute approximate surface area is 50.1 Å². The lowest BCUT2D eigenvalue weighted by atomic mass is 10.1. The molecule has 1 heteroatoms. The zero-order chi connectivity index (χ0) is 5.98. The maximum atomic E-state index is 4.17. The monoisotopic (exact) mass is 109 g/mol. The van der Waals surface area contributed by atoms with Gasteiger partial charge in [0.1, 0.15) is 0 Å². The fourth-order valence-corrected chi connectivity index (χ4v) is 0.728. The molecule has 44 valence electrons. The Bertz CT molecular complexity index is 124. The normalized spacial score (nSPS) is 19.8. The van der Waals surface area contributed by atoms with Crippen LogP contribution in [0, 0.1) is 0 Å². The van der Waals surface area contributed by atoms with Gasteiger partial charge in [0.15, 0.2) is 0 Å². The van der Waals surface area contributed by atoms with Crippen LogP contribution in [0.25, 0.3) is 0 Å². The van der Waals surface area contributed by atoms with Gasteiger partial charge in [-0.3, -0.25) is 4.99 Å². The van der Waals surface area contributed by atoms with Crippen molar-refractivity contribution in [3.8, 4) is 0 Å². The number of hydrogen-bond donors (Lipinski definition) is 0. The maximum Gasteiger partial charge on any atom is 0.0256 e. The summed E-state index contributed by atoms with van der Waals surface area (Å²) in [6, 6.07) is 0. The highest BCUT2D eigenvalue weighted by Gasteiger charge is 1.97. The number of rotatable bonds is 0. The van der Waals surface area contributed by atoms with Crippen molar-refractivity contribution >= 4 is 5.71 Å². The predicted molar refractivity (Wildman–Crippen MR) is 36.1 cm³/mol. The van der Waals surface area contributed by atoms with Gasteiger partial charge in [0.05, 0.1) is 0 Å². The van der Waals surface area contributed by atoms with E-state index < -0.39 is 0 Å². The molecule has 0 saturated heterocycles. The lowest BCUT2D eigenvalue weighted by molar-refractivity contribution is 0.972. The second kappa shape index (κ2) is 2.12. The number of allylic oxidation sites excluding steroid dienone is 1. The first-order valence-electron chi connectivity index (χ1n) is 2.98. The standard InChI is InChI=1S/C7H11N/c1-6-3-4-7(2)8-5-6/h5H,3-4H2,1-2H3. The van der Waals surface area contributed by atoms with Crippen LogP contribution in [-0.4, -0.2) is 5.71 Å². The maximum absolute atomic E-state index is 4.17. The molecular formula is C7H11N. The van der Waals surface area contributed by atoms with Crippen LogP contribution in [0.5, 0.6) is 0 Å². The lowest BCUT2D eigenvalue weighted by Crippen LogP contribution is -1.95. The Morgan fingerprint density at radius 1 is 1.38 bits per heavy atom. The van der Waals surface area contributed by atoms with Crippen LogP contribution < -0.4 is 0 Å². The minimum atomic E-state index is 1.16. The van der Waals surface area contributed by atoms with E-state index in [1.807, 2.05) is 6.20 Å². The Morgan fingerprint density at radius 2 is 2.12 bits per heavy atom. The van der Waals surface area contributed by atoms with E-state index in [0.717, 1.165) is 6.42 Å². The highest BCUT2D eigenvalue weighted by molar-refractivity contribution is 5.83. The van der Waals surface area contributed by atoms with Crippen LogP contribution >= 0.6 is 0 Å². The average molecular weight is 109 g/mol. The molecule has 0 fully saturated rings. The van der Waals surface area contributed by atoms with E-state index in [0.29, 0.717) is 0 Å². The van der Waals surface area contributed by atoms with Gasteiger partial charge in [-0.1, -0.05) is 5.57 Å². The largest absolute Gasteiger partial charge is 0.266 e. The van der Waals surface area contributed by atoms with Gasteiger partial charge in [0.2, 0.25) is 0 Å². The van der Waals surface area contributed by atoms with Crippen LogP contribution in [0.2, 0.25) is 0 Å². The summed E-state index contributed by atoms with van der Waals surface area (Å²) in [5.41, 5.74) is 2.66. The molecule has 8 heavy (non-hydrogen) atoms. The van der Waals surface area contributed by atoms with Gasteiger partial charge < -0.3 is 0 Å². The molecule has 0 radical (unpaired) electrons. The van der Waals surface area contributed by atoms with Gasteiger partial charge in [0, 0.05) is 11.9 Å². The van der Waals surface area contributed by atoms with Crippen molar-refractivity contribution in [2.75, 3.05) is 0 Å². The van der Waals surface area contributed by atoms with Crippen molar-refractivity contribution in [1.82, 2.24) is 0 Å². The summed E-state index contributed by atoms with van der Waals surface area (Å²) >= 11 is 0. The summed E-state index contributed by atoms with van der Waals surface area (Å²) in [7, 11) is 0. The molecule has 0 atom stereocenters. The third-order valence-corrected chi connectivity index (χ3v) is 1.39. The van der Waals surface area contributed by atoms with Crippen molar-refractivity contribution in [3.63, 3.8) is 0 Å². The van der Waals surface area contributed by atoms with Gasteiger partial charge in [0.25, 0.3) is 0 Å². The first kappa shape index (κ1) is 5.54. The minimum Gasteiger partial charge on any atom is -0.266 e. The number of nitrogens with zero attached hydrogens (tertiary/aromatic N) is 1. The van der Waals surface area contributed by atoms with Crippen molar-refractivity contribution in [3.05, 3.63) is 11.8 Å². The quantitative estimate of drug-likeness (QED) is 0.452.